The van der Waals surface area contributed by atoms with Gasteiger partial charge in [0.15, 0.2) is 5.11 Å². The Kier molecular flexibility index (Phi) is 5.97. The molecule has 124 valence electrons. The minimum absolute atomic E-state index is 0.107. The number of rotatable bonds is 4. The topological polar surface area (TPSA) is 94.0 Å². The van der Waals surface area contributed by atoms with Crippen molar-refractivity contribution in [3.8, 4) is 5.75 Å². The number of nitrogens with zero attached hydrogens (tertiary/aromatic N) is 1. The summed E-state index contributed by atoms with van der Waals surface area (Å²) in [6.45, 7) is 0. The number of anilines is 1. The first-order valence-corrected chi connectivity index (χ1v) is 7.64. The zero-order chi connectivity index (χ0) is 17.7. The van der Waals surface area contributed by atoms with Gasteiger partial charge in [0.1, 0.15) is 5.75 Å². The number of aromatic hydroxyl groups is 1. The Morgan fingerprint density at radius 1 is 1.25 bits per heavy atom. The fourth-order valence-corrected chi connectivity index (χ4v) is 2.41. The van der Waals surface area contributed by atoms with Crippen LogP contribution in [-0.2, 0) is 0 Å². The standard InChI is InChI=1S/C15H11Cl2N3O3S/c16-10-4-9(13(21)12(17)6-10)7-18-20-15(24)19-11-3-1-2-8(5-11)14(22)23/h1-7,21H,(H,22,23)(H2,19,20,24). The van der Waals surface area contributed by atoms with E-state index in [1.807, 2.05) is 0 Å². The first kappa shape index (κ1) is 18.0. The van der Waals surface area contributed by atoms with Gasteiger partial charge in [-0.2, -0.15) is 5.10 Å². The van der Waals surface area contributed by atoms with Gasteiger partial charge in [0, 0.05) is 16.3 Å². The first-order chi connectivity index (χ1) is 11.4. The highest BCUT2D eigenvalue weighted by atomic mass is 35.5. The van der Waals surface area contributed by atoms with Gasteiger partial charge in [0.25, 0.3) is 0 Å². The monoisotopic (exact) mass is 383 g/mol. The van der Waals surface area contributed by atoms with Crippen LogP contribution >= 0.6 is 35.4 Å². The van der Waals surface area contributed by atoms with Crippen molar-refractivity contribution in [2.24, 2.45) is 5.10 Å². The second kappa shape index (κ2) is 7.96. The zero-order valence-corrected chi connectivity index (χ0v) is 14.3. The highest BCUT2D eigenvalue weighted by molar-refractivity contribution is 7.80. The number of phenols is 1. The molecule has 0 spiro atoms. The molecule has 0 atom stereocenters. The molecule has 0 aliphatic rings. The SMILES string of the molecule is O=C(O)c1cccc(NC(=S)NN=Cc2cc(Cl)cc(Cl)c2O)c1. The summed E-state index contributed by atoms with van der Waals surface area (Å²) in [6, 6.07) is 9.04. The molecule has 0 bridgehead atoms. The second-order valence-electron chi connectivity index (χ2n) is 4.54. The molecule has 2 rings (SSSR count). The molecule has 0 amide bonds. The molecular weight excluding hydrogens is 373 g/mol. The van der Waals surface area contributed by atoms with Crippen LogP contribution in [0.4, 0.5) is 5.69 Å². The van der Waals surface area contributed by atoms with Gasteiger partial charge in [-0.15, -0.1) is 0 Å². The Hall–Kier alpha value is -2.35. The summed E-state index contributed by atoms with van der Waals surface area (Å²) < 4.78 is 0. The third-order valence-corrected chi connectivity index (χ3v) is 3.49. The largest absolute Gasteiger partial charge is 0.506 e. The summed E-state index contributed by atoms with van der Waals surface area (Å²) >= 11 is 16.7. The van der Waals surface area contributed by atoms with Crippen LogP contribution in [0.3, 0.4) is 0 Å². The highest BCUT2D eigenvalue weighted by Crippen LogP contribution is 2.29. The van der Waals surface area contributed by atoms with Crippen molar-refractivity contribution in [3.05, 3.63) is 57.6 Å². The number of nitrogens with one attached hydrogen (secondary N) is 2. The Morgan fingerprint density at radius 3 is 2.71 bits per heavy atom. The number of carboxylic acids is 1. The molecule has 0 fully saturated rings. The molecule has 6 nitrogen and oxygen atoms in total. The van der Waals surface area contributed by atoms with Crippen LogP contribution in [0.2, 0.25) is 10.0 Å². The number of hydrogen-bond acceptors (Lipinski definition) is 4. The summed E-state index contributed by atoms with van der Waals surface area (Å²) in [7, 11) is 0. The van der Waals surface area contributed by atoms with E-state index < -0.39 is 5.97 Å². The van der Waals surface area contributed by atoms with E-state index in [2.05, 4.69) is 15.8 Å². The molecule has 0 aromatic heterocycles. The maximum absolute atomic E-state index is 10.9. The number of carboxylic acid groups (broad SMARTS) is 1. The van der Waals surface area contributed by atoms with E-state index >= 15 is 0 Å². The number of carbonyl (C=O) groups is 1. The lowest BCUT2D eigenvalue weighted by atomic mass is 10.2. The van der Waals surface area contributed by atoms with E-state index in [0.29, 0.717) is 16.3 Å². The molecule has 0 saturated carbocycles. The number of halogens is 2. The summed E-state index contributed by atoms with van der Waals surface area (Å²) in [6.07, 6.45) is 1.30. The quantitative estimate of drug-likeness (QED) is 0.365. The molecule has 0 saturated heterocycles. The number of hydrogen-bond donors (Lipinski definition) is 4. The van der Waals surface area contributed by atoms with Gasteiger partial charge in [-0.1, -0.05) is 29.3 Å². The van der Waals surface area contributed by atoms with E-state index in [-0.39, 0.29) is 21.4 Å². The van der Waals surface area contributed by atoms with Gasteiger partial charge in [0.05, 0.1) is 16.8 Å². The fourth-order valence-electron chi connectivity index (χ4n) is 1.73. The Balaban J connectivity index is 2.01. The highest BCUT2D eigenvalue weighted by Gasteiger charge is 2.06. The van der Waals surface area contributed by atoms with Crippen molar-refractivity contribution in [1.29, 1.82) is 0 Å². The van der Waals surface area contributed by atoms with Crippen LogP contribution in [0.5, 0.6) is 5.75 Å². The molecule has 0 radical (unpaired) electrons. The predicted octanol–water partition coefficient (Wildman–Crippen LogP) is 3.72. The second-order valence-corrected chi connectivity index (χ2v) is 5.79. The molecule has 0 heterocycles. The lowest BCUT2D eigenvalue weighted by Crippen LogP contribution is -2.24. The normalized spacial score (nSPS) is 10.6. The third kappa shape index (κ3) is 4.82. The molecule has 9 heteroatoms. The maximum atomic E-state index is 10.9. The van der Waals surface area contributed by atoms with Crippen molar-refractivity contribution in [1.82, 2.24) is 5.43 Å². The van der Waals surface area contributed by atoms with Gasteiger partial charge in [0.2, 0.25) is 0 Å². The molecular formula is C15H11Cl2N3O3S. The Morgan fingerprint density at radius 2 is 2.00 bits per heavy atom. The molecule has 2 aromatic carbocycles. The van der Waals surface area contributed by atoms with Gasteiger partial charge < -0.3 is 15.5 Å². The van der Waals surface area contributed by atoms with Crippen molar-refractivity contribution in [3.63, 3.8) is 0 Å². The number of benzene rings is 2. The van der Waals surface area contributed by atoms with Gasteiger partial charge in [-0.05, 0) is 42.5 Å². The van der Waals surface area contributed by atoms with Crippen LogP contribution in [0.1, 0.15) is 15.9 Å². The summed E-state index contributed by atoms with van der Waals surface area (Å²) in [5.74, 6) is -1.19. The smallest absolute Gasteiger partial charge is 0.335 e. The molecule has 4 N–H and O–H groups in total. The number of hydrazone groups is 1. The molecule has 2 aromatic rings. The van der Waals surface area contributed by atoms with Crippen LogP contribution in [0.25, 0.3) is 0 Å². The molecule has 24 heavy (non-hydrogen) atoms. The van der Waals surface area contributed by atoms with E-state index in [1.165, 1.54) is 30.5 Å². The average molecular weight is 384 g/mol. The minimum Gasteiger partial charge on any atom is -0.506 e. The van der Waals surface area contributed by atoms with Crippen molar-refractivity contribution in [2.75, 3.05) is 5.32 Å². The van der Waals surface area contributed by atoms with Crippen molar-refractivity contribution >= 4 is 58.4 Å². The molecule has 0 unspecified atom stereocenters. The summed E-state index contributed by atoms with van der Waals surface area (Å²) in [5, 5.41) is 26.0. The van der Waals surface area contributed by atoms with Gasteiger partial charge in [-0.3, -0.25) is 5.43 Å². The fraction of sp³-hybridized carbons (Fsp3) is 0. The first-order valence-electron chi connectivity index (χ1n) is 6.48. The van der Waals surface area contributed by atoms with Gasteiger partial charge >= 0.3 is 5.97 Å². The Labute approximate surface area is 152 Å². The summed E-state index contributed by atoms with van der Waals surface area (Å²) in [5.41, 5.74) is 3.48. The van der Waals surface area contributed by atoms with Crippen molar-refractivity contribution in [2.45, 2.75) is 0 Å². The lowest BCUT2D eigenvalue weighted by molar-refractivity contribution is 0.0697. The van der Waals surface area contributed by atoms with Crippen LogP contribution in [0, 0.1) is 0 Å². The molecule has 0 aliphatic carbocycles. The van der Waals surface area contributed by atoms with Gasteiger partial charge in [-0.25, -0.2) is 4.79 Å². The van der Waals surface area contributed by atoms with Crippen LogP contribution in [0.15, 0.2) is 41.5 Å². The molecule has 0 aliphatic heterocycles. The Bertz CT molecular complexity index is 828. The maximum Gasteiger partial charge on any atom is 0.335 e. The van der Waals surface area contributed by atoms with E-state index in [1.54, 1.807) is 12.1 Å². The van der Waals surface area contributed by atoms with Crippen LogP contribution in [-0.4, -0.2) is 27.5 Å². The van der Waals surface area contributed by atoms with E-state index in [0.717, 1.165) is 0 Å². The zero-order valence-electron chi connectivity index (χ0n) is 12.0. The average Bonchev–Trinajstić information content (AvgIpc) is 2.52. The number of aromatic carboxylic acids is 1. The van der Waals surface area contributed by atoms with E-state index in [9.17, 15) is 9.90 Å². The summed E-state index contributed by atoms with van der Waals surface area (Å²) in [4.78, 5) is 10.9. The third-order valence-electron chi connectivity index (χ3n) is 2.79. The lowest BCUT2D eigenvalue weighted by Gasteiger charge is -2.08. The van der Waals surface area contributed by atoms with Crippen molar-refractivity contribution < 1.29 is 15.0 Å². The number of thiocarbonyl (C=S) groups is 1. The van der Waals surface area contributed by atoms with Crippen LogP contribution < -0.4 is 10.7 Å². The number of phenolic OH excluding ortho intramolecular Hbond substituents is 1. The predicted molar refractivity (Wildman–Crippen MR) is 98.5 cm³/mol. The minimum atomic E-state index is -1.04. The van der Waals surface area contributed by atoms with E-state index in [4.69, 9.17) is 40.5 Å².